The van der Waals surface area contributed by atoms with Gasteiger partial charge in [0.15, 0.2) is 0 Å². The second-order valence-electron chi connectivity index (χ2n) is 8.77. The van der Waals surface area contributed by atoms with E-state index < -0.39 is 6.10 Å². The Morgan fingerprint density at radius 1 is 0.893 bits per heavy atom. The number of aliphatic hydroxyl groups excluding tert-OH is 1. The van der Waals surface area contributed by atoms with Gasteiger partial charge in [-0.15, -0.1) is 0 Å². The number of rotatable bonds is 7. The summed E-state index contributed by atoms with van der Waals surface area (Å²) in [4.78, 5) is 4.82. The average molecular weight is 383 g/mol. The van der Waals surface area contributed by atoms with E-state index in [0.717, 1.165) is 38.5 Å². The van der Waals surface area contributed by atoms with Crippen LogP contribution in [0.1, 0.15) is 31.9 Å². The van der Waals surface area contributed by atoms with Crippen LogP contribution in [0.15, 0.2) is 54.6 Å². The van der Waals surface area contributed by atoms with Gasteiger partial charge in [-0.25, -0.2) is 0 Å². The van der Waals surface area contributed by atoms with Crippen LogP contribution >= 0.6 is 0 Å². The molecule has 0 saturated carbocycles. The molecule has 1 heterocycles. The molecule has 3 rings (SSSR count). The number of β-amino-alcohol motifs (C(OH)–C–C–N with tert-alkyl or cyclic N) is 1. The van der Waals surface area contributed by atoms with Crippen LogP contribution < -0.4 is 4.74 Å². The zero-order valence-electron chi connectivity index (χ0n) is 17.5. The number of ether oxygens (including phenoxy) is 1. The van der Waals surface area contributed by atoms with E-state index in [1.54, 1.807) is 0 Å². The molecule has 28 heavy (non-hydrogen) atoms. The van der Waals surface area contributed by atoms with Crippen molar-refractivity contribution in [2.75, 3.05) is 39.3 Å². The fourth-order valence-corrected chi connectivity index (χ4v) is 3.72. The van der Waals surface area contributed by atoms with E-state index in [-0.39, 0.29) is 5.41 Å². The molecule has 1 N–H and O–H groups in total. The Balaban J connectivity index is 1.42. The highest BCUT2D eigenvalue weighted by Crippen LogP contribution is 2.31. The highest BCUT2D eigenvalue weighted by molar-refractivity contribution is 5.38. The molecule has 1 aliphatic rings. The molecule has 0 bridgehead atoms. The van der Waals surface area contributed by atoms with E-state index in [2.05, 4.69) is 67.0 Å². The van der Waals surface area contributed by atoms with Crippen LogP contribution in [0.3, 0.4) is 0 Å². The zero-order valence-corrected chi connectivity index (χ0v) is 17.5. The number of hydrogen-bond donors (Lipinski definition) is 1. The first-order valence-corrected chi connectivity index (χ1v) is 10.3. The molecule has 0 aliphatic carbocycles. The zero-order chi connectivity index (χ0) is 20.0. The Bertz CT molecular complexity index is 719. The molecular formula is C24H34N2O2. The average Bonchev–Trinajstić information content (AvgIpc) is 2.68. The van der Waals surface area contributed by atoms with Crippen molar-refractivity contribution in [3.8, 4) is 5.75 Å². The molecule has 1 fully saturated rings. The van der Waals surface area contributed by atoms with Crippen LogP contribution in [0.2, 0.25) is 0 Å². The van der Waals surface area contributed by atoms with Gasteiger partial charge >= 0.3 is 0 Å². The van der Waals surface area contributed by atoms with Crippen molar-refractivity contribution in [1.82, 2.24) is 9.80 Å². The van der Waals surface area contributed by atoms with E-state index in [0.29, 0.717) is 13.2 Å². The Labute approximate surface area is 169 Å². The summed E-state index contributed by atoms with van der Waals surface area (Å²) in [6.07, 6.45) is -0.478. The summed E-state index contributed by atoms with van der Waals surface area (Å²) in [7, 11) is 0. The molecular weight excluding hydrogens is 348 g/mol. The number of benzene rings is 2. The lowest BCUT2D eigenvalue weighted by atomic mass is 9.86. The van der Waals surface area contributed by atoms with Crippen molar-refractivity contribution in [2.45, 2.75) is 38.8 Å². The Morgan fingerprint density at radius 2 is 1.50 bits per heavy atom. The van der Waals surface area contributed by atoms with Gasteiger partial charge < -0.3 is 9.84 Å². The molecule has 1 atom stereocenters. The molecule has 0 aromatic heterocycles. The van der Waals surface area contributed by atoms with Gasteiger partial charge in [0.05, 0.1) is 0 Å². The van der Waals surface area contributed by atoms with Crippen LogP contribution in [-0.2, 0) is 12.0 Å². The fourth-order valence-electron chi connectivity index (χ4n) is 3.72. The normalized spacial score (nSPS) is 17.4. The number of para-hydroxylation sites is 1. The highest BCUT2D eigenvalue weighted by atomic mass is 16.5. The Hall–Kier alpha value is -1.88. The van der Waals surface area contributed by atoms with Crippen molar-refractivity contribution < 1.29 is 9.84 Å². The third-order valence-corrected chi connectivity index (χ3v) is 5.31. The topological polar surface area (TPSA) is 35.9 Å². The van der Waals surface area contributed by atoms with E-state index in [9.17, 15) is 5.11 Å². The predicted octanol–water partition coefficient (Wildman–Crippen LogP) is 3.54. The number of hydrogen-bond acceptors (Lipinski definition) is 4. The lowest BCUT2D eigenvalue weighted by Crippen LogP contribution is -2.48. The van der Waals surface area contributed by atoms with Crippen LogP contribution in [0.5, 0.6) is 5.75 Å². The molecule has 4 heteroatoms. The van der Waals surface area contributed by atoms with Crippen molar-refractivity contribution in [3.63, 3.8) is 0 Å². The molecule has 1 saturated heterocycles. The van der Waals surface area contributed by atoms with Gasteiger partial charge in [0.2, 0.25) is 0 Å². The summed E-state index contributed by atoms with van der Waals surface area (Å²) in [5.41, 5.74) is 2.56. The molecule has 2 aromatic rings. The van der Waals surface area contributed by atoms with Crippen molar-refractivity contribution in [2.24, 2.45) is 0 Å². The largest absolute Gasteiger partial charge is 0.491 e. The lowest BCUT2D eigenvalue weighted by molar-refractivity contribution is 0.0442. The maximum absolute atomic E-state index is 10.5. The monoisotopic (exact) mass is 382 g/mol. The SMILES string of the molecule is CC(C)(C)c1ccccc1OC[C@H](O)CN1CCN(Cc2ccccc2)CC1. The summed E-state index contributed by atoms with van der Waals surface area (Å²) < 4.78 is 5.98. The van der Waals surface area contributed by atoms with Gasteiger partial charge in [-0.1, -0.05) is 69.3 Å². The van der Waals surface area contributed by atoms with Crippen LogP contribution in [0.4, 0.5) is 0 Å². The number of aliphatic hydroxyl groups is 1. The minimum absolute atomic E-state index is 0.0244. The number of nitrogens with zero attached hydrogens (tertiary/aromatic N) is 2. The van der Waals surface area contributed by atoms with Gasteiger partial charge in [0, 0.05) is 39.3 Å². The standard InChI is InChI=1S/C24H34N2O2/c1-24(2,3)22-11-7-8-12-23(22)28-19-21(27)18-26-15-13-25(14-16-26)17-20-9-5-4-6-10-20/h4-12,21,27H,13-19H2,1-3H3/t21-/m1/s1. The predicted molar refractivity (Wildman–Crippen MR) is 115 cm³/mol. The van der Waals surface area contributed by atoms with Gasteiger partial charge in [-0.3, -0.25) is 9.80 Å². The first-order chi connectivity index (χ1) is 13.4. The van der Waals surface area contributed by atoms with Gasteiger partial charge in [0.25, 0.3) is 0 Å². The first kappa shape index (κ1) is 20.8. The summed E-state index contributed by atoms with van der Waals surface area (Å²) >= 11 is 0. The summed E-state index contributed by atoms with van der Waals surface area (Å²) in [5, 5.41) is 10.5. The van der Waals surface area contributed by atoms with E-state index in [4.69, 9.17) is 4.74 Å². The molecule has 4 nitrogen and oxygen atoms in total. The van der Waals surface area contributed by atoms with Gasteiger partial charge in [-0.2, -0.15) is 0 Å². The second-order valence-corrected chi connectivity index (χ2v) is 8.77. The van der Waals surface area contributed by atoms with Crippen LogP contribution in [0, 0.1) is 0 Å². The summed E-state index contributed by atoms with van der Waals surface area (Å²) in [6, 6.07) is 18.8. The van der Waals surface area contributed by atoms with Gasteiger partial charge in [-0.05, 0) is 22.6 Å². The first-order valence-electron chi connectivity index (χ1n) is 10.3. The lowest BCUT2D eigenvalue weighted by Gasteiger charge is -2.35. The molecule has 0 spiro atoms. The van der Waals surface area contributed by atoms with Crippen molar-refractivity contribution >= 4 is 0 Å². The number of piperazine rings is 1. The minimum Gasteiger partial charge on any atom is -0.491 e. The smallest absolute Gasteiger partial charge is 0.123 e. The Kier molecular flexibility index (Phi) is 7.11. The van der Waals surface area contributed by atoms with Crippen LogP contribution in [0.25, 0.3) is 0 Å². The molecule has 152 valence electrons. The second kappa shape index (κ2) is 9.55. The summed E-state index contributed by atoms with van der Waals surface area (Å²) in [5.74, 6) is 0.877. The van der Waals surface area contributed by atoms with Gasteiger partial charge in [0.1, 0.15) is 18.5 Å². The third kappa shape index (κ3) is 6.06. The van der Waals surface area contributed by atoms with Crippen molar-refractivity contribution in [3.05, 3.63) is 65.7 Å². The quantitative estimate of drug-likeness (QED) is 0.795. The van der Waals surface area contributed by atoms with E-state index in [1.807, 2.05) is 18.2 Å². The molecule has 0 unspecified atom stereocenters. The molecule has 0 amide bonds. The highest BCUT2D eigenvalue weighted by Gasteiger charge is 2.21. The maximum atomic E-state index is 10.5. The minimum atomic E-state index is -0.478. The maximum Gasteiger partial charge on any atom is 0.123 e. The fraction of sp³-hybridized carbons (Fsp3) is 0.500. The molecule has 1 aliphatic heterocycles. The van der Waals surface area contributed by atoms with Crippen LogP contribution in [-0.4, -0.2) is 60.3 Å². The molecule has 2 aromatic carbocycles. The summed E-state index contributed by atoms with van der Waals surface area (Å²) in [6.45, 7) is 12.6. The van der Waals surface area contributed by atoms with E-state index in [1.165, 1.54) is 11.1 Å². The Morgan fingerprint density at radius 3 is 2.18 bits per heavy atom. The van der Waals surface area contributed by atoms with E-state index >= 15 is 0 Å². The van der Waals surface area contributed by atoms with Crippen molar-refractivity contribution in [1.29, 1.82) is 0 Å². The third-order valence-electron chi connectivity index (χ3n) is 5.31. The molecule has 0 radical (unpaired) electrons.